The van der Waals surface area contributed by atoms with Gasteiger partial charge in [0.1, 0.15) is 5.75 Å². The average molecular weight is 301 g/mol. The van der Waals surface area contributed by atoms with E-state index in [2.05, 4.69) is 0 Å². The summed E-state index contributed by atoms with van der Waals surface area (Å²) < 4.78 is 5.28. The maximum Gasteiger partial charge on any atom is 0.240 e. The van der Waals surface area contributed by atoms with Gasteiger partial charge >= 0.3 is 0 Å². The predicted octanol–water partition coefficient (Wildman–Crippen LogP) is 2.45. The molecule has 1 aromatic carbocycles. The van der Waals surface area contributed by atoms with Crippen molar-refractivity contribution in [1.29, 1.82) is 0 Å². The van der Waals surface area contributed by atoms with Gasteiger partial charge in [0, 0.05) is 19.2 Å². The van der Waals surface area contributed by atoms with E-state index < -0.39 is 6.04 Å². The molecule has 0 spiro atoms. The largest absolute Gasteiger partial charge is 0.496 e. The molecule has 1 atom stereocenters. The van der Waals surface area contributed by atoms with E-state index in [-0.39, 0.29) is 23.7 Å². The maximum absolute atomic E-state index is 12.3. The average Bonchev–Trinajstić information content (AvgIpc) is 2.36. The van der Waals surface area contributed by atoms with Gasteiger partial charge in [0.15, 0.2) is 0 Å². The first-order chi connectivity index (χ1) is 8.77. The van der Waals surface area contributed by atoms with Crippen LogP contribution in [0.1, 0.15) is 26.3 Å². The molecule has 0 radical (unpaired) electrons. The Morgan fingerprint density at radius 3 is 2.40 bits per heavy atom. The lowest BCUT2D eigenvalue weighted by molar-refractivity contribution is -0.134. The number of likely N-dealkylation sites (N-methyl/N-ethyl adjacent to an activating group) is 1. The summed E-state index contributed by atoms with van der Waals surface area (Å²) in [5, 5.41) is 0. The number of ether oxygens (including phenoxy) is 1. The normalized spacial score (nSPS) is 12.3. The quantitative estimate of drug-likeness (QED) is 0.929. The fourth-order valence-electron chi connectivity index (χ4n) is 1.77. The van der Waals surface area contributed by atoms with E-state index >= 15 is 0 Å². The van der Waals surface area contributed by atoms with Crippen LogP contribution in [-0.4, -0.2) is 31.0 Å². The van der Waals surface area contributed by atoms with Crippen LogP contribution in [0.5, 0.6) is 5.75 Å². The highest BCUT2D eigenvalue weighted by atomic mass is 35.5. The molecule has 4 nitrogen and oxygen atoms in total. The zero-order valence-corrected chi connectivity index (χ0v) is 13.7. The van der Waals surface area contributed by atoms with E-state index in [0.29, 0.717) is 6.54 Å². The highest BCUT2D eigenvalue weighted by Gasteiger charge is 2.29. The van der Waals surface area contributed by atoms with Crippen molar-refractivity contribution < 1.29 is 9.53 Å². The van der Waals surface area contributed by atoms with Crippen LogP contribution in [0.4, 0.5) is 0 Å². The zero-order chi connectivity index (χ0) is 14.6. The Balaban J connectivity index is 0.00000361. The van der Waals surface area contributed by atoms with Crippen molar-refractivity contribution in [3.8, 4) is 5.75 Å². The number of amides is 1. The van der Waals surface area contributed by atoms with Crippen molar-refractivity contribution in [1.82, 2.24) is 4.90 Å². The Morgan fingerprint density at radius 1 is 1.35 bits per heavy atom. The summed E-state index contributed by atoms with van der Waals surface area (Å²) in [6.07, 6.45) is 0. The fourth-order valence-corrected chi connectivity index (χ4v) is 1.77. The Morgan fingerprint density at radius 2 is 1.90 bits per heavy atom. The number of benzene rings is 1. The number of nitrogens with zero attached hydrogens (tertiary/aromatic N) is 1. The summed E-state index contributed by atoms with van der Waals surface area (Å²) in [7, 11) is 3.39. The highest BCUT2D eigenvalue weighted by molar-refractivity contribution is 5.85. The van der Waals surface area contributed by atoms with Crippen LogP contribution in [0.3, 0.4) is 0 Å². The Hall–Kier alpha value is -1.26. The number of halogens is 1. The summed E-state index contributed by atoms with van der Waals surface area (Å²) in [4.78, 5) is 13.9. The predicted molar refractivity (Wildman–Crippen MR) is 84.1 cm³/mol. The van der Waals surface area contributed by atoms with Crippen LogP contribution in [0, 0.1) is 5.41 Å². The van der Waals surface area contributed by atoms with Crippen LogP contribution in [-0.2, 0) is 11.3 Å². The van der Waals surface area contributed by atoms with Gasteiger partial charge in [-0.05, 0) is 11.5 Å². The molecule has 0 unspecified atom stereocenters. The number of hydrogen-bond donors (Lipinski definition) is 1. The van der Waals surface area contributed by atoms with E-state index in [0.717, 1.165) is 11.3 Å². The van der Waals surface area contributed by atoms with E-state index in [1.165, 1.54) is 0 Å². The Labute approximate surface area is 127 Å². The standard InChI is InChI=1S/C15H24N2O2.ClH/c1-15(2,3)13(16)14(18)17(4)10-11-8-6-7-9-12(11)19-5;/h6-9,13H,10,16H2,1-5H3;1H/t13-;/m1./s1. The third kappa shape index (κ3) is 4.69. The molecule has 0 heterocycles. The van der Waals surface area contributed by atoms with Gasteiger partial charge in [-0.3, -0.25) is 4.79 Å². The Bertz CT molecular complexity index is 444. The second kappa shape index (κ2) is 7.50. The molecular formula is C15H25ClN2O2. The fraction of sp³-hybridized carbons (Fsp3) is 0.533. The number of carbonyl (C=O) groups is 1. The molecule has 0 fully saturated rings. The molecule has 0 aliphatic carbocycles. The summed E-state index contributed by atoms with van der Waals surface area (Å²) in [5.41, 5.74) is 6.73. The smallest absolute Gasteiger partial charge is 0.240 e. The van der Waals surface area contributed by atoms with Gasteiger partial charge in [0.2, 0.25) is 5.91 Å². The van der Waals surface area contributed by atoms with Crippen molar-refractivity contribution in [2.45, 2.75) is 33.4 Å². The molecular weight excluding hydrogens is 276 g/mol. The monoisotopic (exact) mass is 300 g/mol. The van der Waals surface area contributed by atoms with E-state index in [1.807, 2.05) is 45.0 Å². The Kier molecular flexibility index (Phi) is 7.03. The lowest BCUT2D eigenvalue weighted by atomic mass is 9.86. The SMILES string of the molecule is COc1ccccc1CN(C)C(=O)[C@@H](N)C(C)(C)C.Cl. The third-order valence-corrected chi connectivity index (χ3v) is 3.18. The molecule has 0 saturated heterocycles. The zero-order valence-electron chi connectivity index (χ0n) is 12.8. The van der Waals surface area contributed by atoms with Crippen molar-refractivity contribution in [2.24, 2.45) is 11.1 Å². The number of nitrogens with two attached hydrogens (primary N) is 1. The van der Waals surface area contributed by atoms with Gasteiger partial charge in [-0.15, -0.1) is 12.4 Å². The molecule has 0 saturated carbocycles. The molecule has 0 bridgehead atoms. The van der Waals surface area contributed by atoms with Gasteiger partial charge < -0.3 is 15.4 Å². The molecule has 2 N–H and O–H groups in total. The first-order valence-electron chi connectivity index (χ1n) is 6.40. The van der Waals surface area contributed by atoms with Gasteiger partial charge in [-0.2, -0.15) is 0 Å². The molecule has 1 aromatic rings. The summed E-state index contributed by atoms with van der Waals surface area (Å²) >= 11 is 0. The second-order valence-corrected chi connectivity index (χ2v) is 5.85. The number of para-hydroxylation sites is 1. The van der Waals surface area contributed by atoms with Gasteiger partial charge in [0.25, 0.3) is 0 Å². The van der Waals surface area contributed by atoms with Crippen LogP contribution < -0.4 is 10.5 Å². The first-order valence-corrected chi connectivity index (χ1v) is 6.40. The van der Waals surface area contributed by atoms with Gasteiger partial charge in [-0.1, -0.05) is 39.0 Å². The minimum atomic E-state index is -0.507. The minimum Gasteiger partial charge on any atom is -0.496 e. The molecule has 20 heavy (non-hydrogen) atoms. The molecule has 5 heteroatoms. The van der Waals surface area contributed by atoms with Crippen molar-refractivity contribution in [2.75, 3.05) is 14.2 Å². The molecule has 114 valence electrons. The summed E-state index contributed by atoms with van der Waals surface area (Å²) in [6.45, 7) is 6.39. The molecule has 1 rings (SSSR count). The van der Waals surface area contributed by atoms with Crippen LogP contribution >= 0.6 is 12.4 Å². The van der Waals surface area contributed by atoms with E-state index in [1.54, 1.807) is 19.1 Å². The summed E-state index contributed by atoms with van der Waals surface area (Å²) in [5.74, 6) is 0.727. The lowest BCUT2D eigenvalue weighted by Gasteiger charge is -2.30. The van der Waals surface area contributed by atoms with Gasteiger partial charge in [-0.25, -0.2) is 0 Å². The third-order valence-electron chi connectivity index (χ3n) is 3.18. The van der Waals surface area contributed by atoms with Crippen molar-refractivity contribution >= 4 is 18.3 Å². The van der Waals surface area contributed by atoms with Crippen LogP contribution in [0.25, 0.3) is 0 Å². The number of rotatable bonds is 4. The molecule has 0 aliphatic rings. The van der Waals surface area contributed by atoms with Gasteiger partial charge in [0.05, 0.1) is 13.2 Å². The van der Waals surface area contributed by atoms with Crippen LogP contribution in [0.2, 0.25) is 0 Å². The molecule has 1 amide bonds. The van der Waals surface area contributed by atoms with Crippen molar-refractivity contribution in [3.05, 3.63) is 29.8 Å². The minimum absolute atomic E-state index is 0. The molecule has 0 aliphatic heterocycles. The van der Waals surface area contributed by atoms with E-state index in [4.69, 9.17) is 10.5 Å². The van der Waals surface area contributed by atoms with Crippen molar-refractivity contribution in [3.63, 3.8) is 0 Å². The number of carbonyl (C=O) groups excluding carboxylic acids is 1. The summed E-state index contributed by atoms with van der Waals surface area (Å²) in [6, 6.07) is 7.17. The first kappa shape index (κ1) is 18.7. The molecule has 0 aromatic heterocycles. The number of hydrogen-bond acceptors (Lipinski definition) is 3. The lowest BCUT2D eigenvalue weighted by Crippen LogP contribution is -2.48. The number of methoxy groups -OCH3 is 1. The van der Waals surface area contributed by atoms with E-state index in [9.17, 15) is 4.79 Å². The maximum atomic E-state index is 12.3. The second-order valence-electron chi connectivity index (χ2n) is 5.85. The highest BCUT2D eigenvalue weighted by Crippen LogP contribution is 2.22. The van der Waals surface area contributed by atoms with Crippen LogP contribution in [0.15, 0.2) is 24.3 Å². The topological polar surface area (TPSA) is 55.6 Å².